The quantitative estimate of drug-likeness (QED) is 0.440. The highest BCUT2D eigenvalue weighted by atomic mass is 32.2. The Balaban J connectivity index is 1.62. The minimum atomic E-state index is -0.244. The number of nitrogens with one attached hydrogen (secondary N) is 1. The lowest BCUT2D eigenvalue weighted by Crippen LogP contribution is -2.30. The molecule has 0 unspecified atom stereocenters. The second-order valence-electron chi connectivity index (χ2n) is 7.25. The van der Waals surface area contributed by atoms with Gasteiger partial charge in [0.05, 0.1) is 17.6 Å². The van der Waals surface area contributed by atoms with Crippen LogP contribution in [0.4, 0.5) is 5.82 Å². The first-order chi connectivity index (χ1) is 15.4. The molecule has 1 aromatic carbocycles. The molecule has 0 atom stereocenters. The van der Waals surface area contributed by atoms with Crippen LogP contribution < -0.4 is 15.6 Å². The molecule has 4 rings (SSSR count). The largest absolute Gasteiger partial charge is 0.497 e. The first-order valence-electron chi connectivity index (χ1n) is 10.0. The second kappa shape index (κ2) is 9.13. The predicted molar refractivity (Wildman–Crippen MR) is 132 cm³/mol. The van der Waals surface area contributed by atoms with E-state index in [1.165, 1.54) is 16.2 Å². The molecule has 0 saturated carbocycles. The summed E-state index contributed by atoms with van der Waals surface area (Å²) in [7, 11) is 3.33. The zero-order valence-corrected chi connectivity index (χ0v) is 19.5. The van der Waals surface area contributed by atoms with Gasteiger partial charge in [-0.2, -0.15) is 0 Å². The maximum absolute atomic E-state index is 13.1. The van der Waals surface area contributed by atoms with Gasteiger partial charge in [-0.05, 0) is 48.7 Å². The lowest BCUT2D eigenvalue weighted by molar-refractivity contribution is -0.122. The van der Waals surface area contributed by atoms with Gasteiger partial charge >= 0.3 is 0 Å². The number of hydrogen-bond donors (Lipinski definition) is 1. The molecule has 9 heteroatoms. The van der Waals surface area contributed by atoms with Gasteiger partial charge in [0.2, 0.25) is 0 Å². The number of hydrogen-bond acceptors (Lipinski definition) is 7. The maximum Gasteiger partial charge on any atom is 0.267 e. The normalized spacial score (nSPS) is 15.1. The molecule has 1 saturated heterocycles. The third-order valence-electron chi connectivity index (χ3n) is 5.25. The van der Waals surface area contributed by atoms with E-state index in [0.29, 0.717) is 39.2 Å². The Labute approximate surface area is 195 Å². The highest BCUT2D eigenvalue weighted by Crippen LogP contribution is 2.33. The SMILES string of the molecule is CNc1nc2c(C)cccn2c(=O)c1/C=C1/SC(=S)N(CCc2ccc(OC)cc2)C1=O. The van der Waals surface area contributed by atoms with Crippen LogP contribution in [0.5, 0.6) is 5.75 Å². The van der Waals surface area contributed by atoms with Crippen molar-refractivity contribution in [1.29, 1.82) is 0 Å². The topological polar surface area (TPSA) is 75.9 Å². The monoisotopic (exact) mass is 466 g/mol. The Bertz CT molecular complexity index is 1300. The number of carbonyl (C=O) groups is 1. The number of anilines is 1. The number of pyridine rings is 1. The lowest BCUT2D eigenvalue weighted by atomic mass is 10.1. The van der Waals surface area contributed by atoms with E-state index in [4.69, 9.17) is 17.0 Å². The van der Waals surface area contributed by atoms with Crippen molar-refractivity contribution in [2.45, 2.75) is 13.3 Å². The molecule has 1 aliphatic rings. The number of methoxy groups -OCH3 is 1. The fourth-order valence-electron chi connectivity index (χ4n) is 3.49. The molecule has 3 heterocycles. The van der Waals surface area contributed by atoms with E-state index in [0.717, 1.165) is 16.9 Å². The third kappa shape index (κ3) is 4.13. The van der Waals surface area contributed by atoms with E-state index in [9.17, 15) is 9.59 Å². The summed E-state index contributed by atoms with van der Waals surface area (Å²) in [5, 5.41) is 2.98. The van der Waals surface area contributed by atoms with Gasteiger partial charge in [-0.15, -0.1) is 0 Å². The molecule has 0 spiro atoms. The standard InChI is InChI=1S/C23H22N4O3S2/c1-14-5-4-11-26-20(14)25-19(24-2)17(21(26)28)13-18-22(29)27(23(31)32-18)12-10-15-6-8-16(30-3)9-7-15/h4-9,11,13,24H,10,12H2,1-3H3/b18-13+. The molecule has 1 aliphatic heterocycles. The number of thiocarbonyl (C=S) groups is 1. The number of aromatic nitrogens is 2. The van der Waals surface area contributed by atoms with Crippen LogP contribution >= 0.6 is 24.0 Å². The first kappa shape index (κ1) is 22.0. The summed E-state index contributed by atoms with van der Waals surface area (Å²) >= 11 is 6.65. The molecule has 164 valence electrons. The van der Waals surface area contributed by atoms with Crippen LogP contribution in [-0.2, 0) is 11.2 Å². The summed E-state index contributed by atoms with van der Waals surface area (Å²) in [5.41, 5.74) is 2.62. The van der Waals surface area contributed by atoms with Gasteiger partial charge in [0.1, 0.15) is 21.5 Å². The van der Waals surface area contributed by atoms with Crippen molar-refractivity contribution >= 4 is 51.7 Å². The van der Waals surface area contributed by atoms with Crippen molar-refractivity contribution in [1.82, 2.24) is 14.3 Å². The Morgan fingerprint density at radius 1 is 1.22 bits per heavy atom. The van der Waals surface area contributed by atoms with Crippen LogP contribution in [0.2, 0.25) is 0 Å². The van der Waals surface area contributed by atoms with Crippen LogP contribution in [0, 0.1) is 6.92 Å². The van der Waals surface area contributed by atoms with Crippen LogP contribution in [0.25, 0.3) is 11.7 Å². The molecule has 1 N–H and O–H groups in total. The molecule has 0 aliphatic carbocycles. The van der Waals surface area contributed by atoms with Crippen molar-refractivity contribution in [3.8, 4) is 5.75 Å². The van der Waals surface area contributed by atoms with Gasteiger partial charge < -0.3 is 10.1 Å². The van der Waals surface area contributed by atoms with E-state index >= 15 is 0 Å². The zero-order chi connectivity index (χ0) is 22.8. The molecule has 0 radical (unpaired) electrons. The Morgan fingerprint density at radius 2 is 1.97 bits per heavy atom. The number of ether oxygens (including phenoxy) is 1. The minimum absolute atomic E-state index is 0.204. The number of amides is 1. The van der Waals surface area contributed by atoms with Gasteiger partial charge in [0, 0.05) is 19.8 Å². The van der Waals surface area contributed by atoms with E-state index in [2.05, 4.69) is 10.3 Å². The fourth-order valence-corrected chi connectivity index (χ4v) is 4.78. The van der Waals surface area contributed by atoms with Gasteiger partial charge in [-0.3, -0.25) is 18.9 Å². The van der Waals surface area contributed by atoms with Crippen molar-refractivity contribution < 1.29 is 9.53 Å². The molecule has 1 fully saturated rings. The second-order valence-corrected chi connectivity index (χ2v) is 8.92. The van der Waals surface area contributed by atoms with Crippen molar-refractivity contribution in [3.63, 3.8) is 0 Å². The highest BCUT2D eigenvalue weighted by molar-refractivity contribution is 8.26. The number of carbonyl (C=O) groups excluding carboxylic acids is 1. The van der Waals surface area contributed by atoms with Crippen LogP contribution in [0.15, 0.2) is 52.3 Å². The van der Waals surface area contributed by atoms with Crippen LogP contribution in [0.1, 0.15) is 16.7 Å². The van der Waals surface area contributed by atoms with Gasteiger partial charge in [-0.25, -0.2) is 4.98 Å². The number of aryl methyl sites for hydroxylation is 1. The molecule has 1 amide bonds. The van der Waals surface area contributed by atoms with E-state index in [1.807, 2.05) is 37.3 Å². The molecule has 7 nitrogen and oxygen atoms in total. The first-order valence-corrected chi connectivity index (χ1v) is 11.2. The number of benzene rings is 1. The summed E-state index contributed by atoms with van der Waals surface area (Å²) < 4.78 is 7.15. The lowest BCUT2D eigenvalue weighted by Gasteiger charge is -2.14. The van der Waals surface area contributed by atoms with E-state index in [1.54, 1.807) is 37.4 Å². The zero-order valence-electron chi connectivity index (χ0n) is 17.9. The summed E-state index contributed by atoms with van der Waals surface area (Å²) in [6.07, 6.45) is 3.92. The van der Waals surface area contributed by atoms with Crippen molar-refractivity contribution in [3.05, 3.63) is 74.5 Å². The summed E-state index contributed by atoms with van der Waals surface area (Å²) in [4.78, 5) is 32.8. The smallest absolute Gasteiger partial charge is 0.267 e. The Kier molecular flexibility index (Phi) is 6.29. The molecule has 0 bridgehead atoms. The molecular weight excluding hydrogens is 444 g/mol. The van der Waals surface area contributed by atoms with Gasteiger partial charge in [-0.1, -0.05) is 42.2 Å². The number of thioether (sulfide) groups is 1. The Hall–Kier alpha value is -3.17. The summed E-state index contributed by atoms with van der Waals surface area (Å²) in [6.45, 7) is 2.36. The maximum atomic E-state index is 13.1. The Morgan fingerprint density at radius 3 is 2.66 bits per heavy atom. The summed E-state index contributed by atoms with van der Waals surface area (Å²) in [5.74, 6) is 1.00. The van der Waals surface area contributed by atoms with Crippen molar-refractivity contribution in [2.75, 3.05) is 26.0 Å². The highest BCUT2D eigenvalue weighted by Gasteiger charge is 2.32. The average molecular weight is 467 g/mol. The number of rotatable bonds is 6. The van der Waals surface area contributed by atoms with Crippen LogP contribution in [0.3, 0.4) is 0 Å². The van der Waals surface area contributed by atoms with Crippen molar-refractivity contribution in [2.24, 2.45) is 0 Å². The van der Waals surface area contributed by atoms with Crippen LogP contribution in [-0.4, -0.2) is 45.2 Å². The molecule has 3 aromatic rings. The molecular formula is C23H22N4O3S2. The summed E-state index contributed by atoms with van der Waals surface area (Å²) in [6, 6.07) is 11.4. The minimum Gasteiger partial charge on any atom is -0.497 e. The van der Waals surface area contributed by atoms with E-state index in [-0.39, 0.29) is 11.5 Å². The van der Waals surface area contributed by atoms with E-state index < -0.39 is 0 Å². The van der Waals surface area contributed by atoms with Gasteiger partial charge in [0.15, 0.2) is 0 Å². The third-order valence-corrected chi connectivity index (χ3v) is 6.63. The number of fused-ring (bicyclic) bond motifs is 1. The number of nitrogens with zero attached hydrogens (tertiary/aromatic N) is 3. The predicted octanol–water partition coefficient (Wildman–Crippen LogP) is 3.50. The molecule has 32 heavy (non-hydrogen) atoms. The average Bonchev–Trinajstić information content (AvgIpc) is 3.07. The fraction of sp³-hybridized carbons (Fsp3) is 0.217. The molecule has 2 aromatic heterocycles. The van der Waals surface area contributed by atoms with Gasteiger partial charge in [0.25, 0.3) is 11.5 Å².